The average molecular weight is 622 g/mol. The van der Waals surface area contributed by atoms with E-state index in [0.29, 0.717) is 22.3 Å². The van der Waals surface area contributed by atoms with Crippen LogP contribution >= 0.6 is 0 Å². The Bertz CT molecular complexity index is 1530. The quantitative estimate of drug-likeness (QED) is 0.227. The van der Waals surface area contributed by atoms with E-state index < -0.39 is 54.0 Å². The van der Waals surface area contributed by atoms with Gasteiger partial charge in [-0.1, -0.05) is 12.1 Å². The lowest BCUT2D eigenvalue weighted by Crippen LogP contribution is -2.54. The van der Waals surface area contributed by atoms with Crippen LogP contribution in [0.2, 0.25) is 0 Å². The van der Waals surface area contributed by atoms with E-state index in [1.165, 1.54) is 50.9 Å². The molecule has 2 aromatic carbocycles. The maximum atomic E-state index is 14.9. The van der Waals surface area contributed by atoms with E-state index in [-0.39, 0.29) is 42.4 Å². The third kappa shape index (κ3) is 6.68. The number of nitrogens with zero attached hydrogens (tertiary/aromatic N) is 2. The molecule has 1 heterocycles. The summed E-state index contributed by atoms with van der Waals surface area (Å²) in [7, 11) is 3.59. The molecule has 0 saturated heterocycles. The van der Waals surface area contributed by atoms with Gasteiger partial charge in [0.15, 0.2) is 23.0 Å². The topological polar surface area (TPSA) is 117 Å². The maximum absolute atomic E-state index is 14.9. The van der Waals surface area contributed by atoms with Crippen molar-refractivity contribution in [2.24, 2.45) is 5.92 Å². The molecule has 0 amide bonds. The van der Waals surface area contributed by atoms with E-state index in [9.17, 15) is 31.9 Å². The van der Waals surface area contributed by atoms with Gasteiger partial charge in [0.25, 0.3) is 0 Å². The number of halogens is 5. The Labute approximate surface area is 250 Å². The van der Waals surface area contributed by atoms with Gasteiger partial charge in [0, 0.05) is 31.3 Å². The first kappa shape index (κ1) is 32.8. The Kier molecular flexibility index (Phi) is 9.89. The maximum Gasteiger partial charge on any atom is 0.420 e. The molecule has 0 aliphatic heterocycles. The van der Waals surface area contributed by atoms with Crippen molar-refractivity contribution < 1.29 is 46.1 Å². The van der Waals surface area contributed by atoms with Gasteiger partial charge in [0.2, 0.25) is 0 Å². The number of nitrogens with two attached hydrogens (primary N) is 1. The highest BCUT2D eigenvalue weighted by Crippen LogP contribution is 2.47. The second kappa shape index (κ2) is 13.3. The standard InChI is InChI=1S/C31H32F5N3O5/c1-42-16-30(41,31(34,35)36)24(23-6-9-26(43-2)27(33)28(23)37)7-4-18-12-21(32)13-19-11-20(25(40)8-5-22(18)19)10-17-14-38-29(44-3)39-15-17/h5-6,8-9,12-15,20,24,41H,4,7,10-11,16,37H2,1-3H3. The summed E-state index contributed by atoms with van der Waals surface area (Å²) in [6, 6.07) is 4.90. The minimum absolute atomic E-state index is 0.147. The lowest BCUT2D eigenvalue weighted by molar-refractivity contribution is -0.282. The smallest absolute Gasteiger partial charge is 0.420 e. The predicted molar refractivity (Wildman–Crippen MR) is 151 cm³/mol. The van der Waals surface area contributed by atoms with Crippen LogP contribution in [0.3, 0.4) is 0 Å². The lowest BCUT2D eigenvalue weighted by Gasteiger charge is -2.38. The van der Waals surface area contributed by atoms with Gasteiger partial charge < -0.3 is 25.1 Å². The number of methoxy groups -OCH3 is 3. The molecule has 3 aromatic rings. The van der Waals surface area contributed by atoms with Crippen LogP contribution in [0.15, 0.2) is 42.7 Å². The van der Waals surface area contributed by atoms with E-state index in [4.69, 9.17) is 19.9 Å². The monoisotopic (exact) mass is 621 g/mol. The summed E-state index contributed by atoms with van der Waals surface area (Å²) in [5.74, 6) is -4.64. The molecule has 13 heteroatoms. The van der Waals surface area contributed by atoms with Gasteiger partial charge in [-0.3, -0.25) is 4.79 Å². The van der Waals surface area contributed by atoms with E-state index >= 15 is 0 Å². The number of carbonyl (C=O) groups excluding carboxylic acids is 1. The van der Waals surface area contributed by atoms with E-state index in [1.54, 1.807) is 0 Å². The fraction of sp³-hybridized carbons (Fsp3) is 0.387. The van der Waals surface area contributed by atoms with E-state index in [0.717, 1.165) is 19.2 Å². The number of hydrogen-bond acceptors (Lipinski definition) is 8. The third-order valence-corrected chi connectivity index (χ3v) is 7.85. The number of allylic oxidation sites excluding steroid dienone is 1. The van der Waals surface area contributed by atoms with E-state index in [1.807, 2.05) is 0 Å². The second-order valence-corrected chi connectivity index (χ2v) is 10.6. The first-order valence-corrected chi connectivity index (χ1v) is 13.6. The normalized spacial score (nSPS) is 17.0. The fourth-order valence-electron chi connectivity index (χ4n) is 5.61. The molecule has 1 aliphatic carbocycles. The van der Waals surface area contributed by atoms with Gasteiger partial charge in [-0.05, 0) is 77.8 Å². The molecule has 236 valence electrons. The number of ketones is 1. The summed E-state index contributed by atoms with van der Waals surface area (Å²) in [5, 5.41) is 11.1. The zero-order chi connectivity index (χ0) is 32.2. The molecule has 44 heavy (non-hydrogen) atoms. The Balaban J connectivity index is 1.71. The SMILES string of the molecule is COCC(O)(C(CCc1cc(F)cc2c1C=CC(=O)C(Cc1cnc(OC)nc1)C2)c1ccc(OC)c(F)c1N)C(F)(F)F. The highest BCUT2D eigenvalue weighted by atomic mass is 19.4. The van der Waals surface area contributed by atoms with Crippen LogP contribution in [-0.4, -0.2) is 60.6 Å². The lowest BCUT2D eigenvalue weighted by atomic mass is 9.77. The fourth-order valence-corrected chi connectivity index (χ4v) is 5.61. The second-order valence-electron chi connectivity index (χ2n) is 10.6. The summed E-state index contributed by atoms with van der Waals surface area (Å²) in [5.41, 5.74) is 3.45. The number of nitrogen functional groups attached to an aromatic ring is 1. The van der Waals surface area contributed by atoms with Crippen LogP contribution in [-0.2, 0) is 28.8 Å². The summed E-state index contributed by atoms with van der Waals surface area (Å²) >= 11 is 0. The Hall–Kier alpha value is -4.10. The summed E-state index contributed by atoms with van der Waals surface area (Å²) < 4.78 is 87.7. The van der Waals surface area contributed by atoms with Crippen LogP contribution in [0.25, 0.3) is 6.08 Å². The minimum atomic E-state index is -5.21. The van der Waals surface area contributed by atoms with Crippen molar-refractivity contribution in [3.63, 3.8) is 0 Å². The Morgan fingerprint density at radius 2 is 1.77 bits per heavy atom. The molecule has 0 saturated carbocycles. The van der Waals surface area contributed by atoms with Gasteiger partial charge >= 0.3 is 12.2 Å². The minimum Gasteiger partial charge on any atom is -0.494 e. The van der Waals surface area contributed by atoms with Crippen molar-refractivity contribution in [3.05, 3.63) is 82.2 Å². The van der Waals surface area contributed by atoms with Gasteiger partial charge in [0.1, 0.15) is 5.82 Å². The highest BCUT2D eigenvalue weighted by Gasteiger charge is 2.59. The van der Waals surface area contributed by atoms with Crippen LogP contribution in [0.1, 0.15) is 40.2 Å². The molecule has 3 N–H and O–H groups in total. The number of benzene rings is 2. The molecule has 3 atom stereocenters. The first-order chi connectivity index (χ1) is 20.8. The number of carbonyl (C=O) groups is 1. The molecule has 1 aliphatic rings. The molecule has 3 unspecified atom stereocenters. The van der Waals surface area contributed by atoms with Crippen LogP contribution in [0, 0.1) is 17.6 Å². The van der Waals surface area contributed by atoms with E-state index in [2.05, 4.69) is 9.97 Å². The average Bonchev–Trinajstić information content (AvgIpc) is 3.13. The Morgan fingerprint density at radius 3 is 2.39 bits per heavy atom. The van der Waals surface area contributed by atoms with Crippen molar-refractivity contribution in [3.8, 4) is 11.8 Å². The number of fused-ring (bicyclic) bond motifs is 1. The number of aryl methyl sites for hydroxylation is 1. The van der Waals surface area contributed by atoms with Crippen LogP contribution < -0.4 is 15.2 Å². The molecule has 0 bridgehead atoms. The third-order valence-electron chi connectivity index (χ3n) is 7.85. The molecule has 0 spiro atoms. The van der Waals surface area contributed by atoms with Crippen LogP contribution in [0.4, 0.5) is 27.6 Å². The molecular formula is C31H32F5N3O5. The van der Waals surface area contributed by atoms with Gasteiger partial charge in [-0.25, -0.2) is 18.7 Å². The van der Waals surface area contributed by atoms with Crippen LogP contribution in [0.5, 0.6) is 11.8 Å². The summed E-state index contributed by atoms with van der Waals surface area (Å²) in [4.78, 5) is 21.1. The molecule has 4 rings (SSSR count). The number of aliphatic hydroxyl groups is 1. The number of aromatic nitrogens is 2. The molecule has 8 nitrogen and oxygen atoms in total. The molecule has 1 aromatic heterocycles. The van der Waals surface area contributed by atoms with Crippen molar-refractivity contribution in [2.75, 3.05) is 33.7 Å². The van der Waals surface area contributed by atoms with Gasteiger partial charge in [0.05, 0.1) is 26.5 Å². The number of alkyl halides is 3. The number of hydrogen-bond donors (Lipinski definition) is 2. The van der Waals surface area contributed by atoms with Crippen molar-refractivity contribution in [1.82, 2.24) is 9.97 Å². The van der Waals surface area contributed by atoms with Crippen molar-refractivity contribution >= 4 is 17.5 Å². The number of ether oxygens (including phenoxy) is 3. The van der Waals surface area contributed by atoms with Gasteiger partial charge in [-0.2, -0.15) is 13.2 Å². The molecule has 0 fully saturated rings. The summed E-state index contributed by atoms with van der Waals surface area (Å²) in [6.45, 7) is -1.17. The number of rotatable bonds is 11. The van der Waals surface area contributed by atoms with Gasteiger partial charge in [-0.15, -0.1) is 0 Å². The predicted octanol–water partition coefficient (Wildman–Crippen LogP) is 5.01. The zero-order valence-corrected chi connectivity index (χ0v) is 24.3. The number of anilines is 1. The van der Waals surface area contributed by atoms with Crippen molar-refractivity contribution in [2.45, 2.75) is 43.4 Å². The zero-order valence-electron chi connectivity index (χ0n) is 24.3. The molecular weight excluding hydrogens is 589 g/mol. The largest absolute Gasteiger partial charge is 0.494 e. The highest BCUT2D eigenvalue weighted by molar-refractivity contribution is 5.97. The molecule has 0 radical (unpaired) electrons. The first-order valence-electron chi connectivity index (χ1n) is 13.6. The van der Waals surface area contributed by atoms with Crippen molar-refractivity contribution in [1.29, 1.82) is 0 Å². The summed E-state index contributed by atoms with van der Waals surface area (Å²) in [6.07, 6.45) is 0.510. The Morgan fingerprint density at radius 1 is 1.07 bits per heavy atom.